The Bertz CT molecular complexity index is 601. The van der Waals surface area contributed by atoms with Gasteiger partial charge < -0.3 is 10.5 Å². The summed E-state index contributed by atoms with van der Waals surface area (Å²) in [4.78, 5) is 0. The van der Waals surface area contributed by atoms with E-state index in [0.29, 0.717) is 0 Å². The molecule has 19 heavy (non-hydrogen) atoms. The number of aryl methyl sites for hydroxylation is 1. The van der Waals surface area contributed by atoms with Gasteiger partial charge in [-0.15, -0.1) is 0 Å². The Labute approximate surface area is 135 Å². The zero-order chi connectivity index (χ0) is 14.0. The van der Waals surface area contributed by atoms with Crippen LogP contribution in [0.5, 0.6) is 5.75 Å². The molecule has 0 saturated heterocycles. The second kappa shape index (κ2) is 6.24. The molecule has 2 rings (SSSR count). The van der Waals surface area contributed by atoms with Crippen molar-refractivity contribution in [3.8, 4) is 5.75 Å². The number of hydrogen-bond acceptors (Lipinski definition) is 2. The summed E-state index contributed by atoms with van der Waals surface area (Å²) < 4.78 is 7.38. The normalized spacial score (nSPS) is 12.3. The third-order valence-electron chi connectivity index (χ3n) is 3.09. The number of rotatable bonds is 3. The van der Waals surface area contributed by atoms with Crippen LogP contribution in [0.4, 0.5) is 0 Å². The lowest BCUT2D eigenvalue weighted by molar-refractivity contribution is 0.412. The summed E-state index contributed by atoms with van der Waals surface area (Å²) in [6.45, 7) is 2.10. The van der Waals surface area contributed by atoms with Crippen molar-refractivity contribution >= 4 is 38.5 Å². The highest BCUT2D eigenvalue weighted by Crippen LogP contribution is 2.31. The van der Waals surface area contributed by atoms with Crippen molar-refractivity contribution in [3.05, 3.63) is 61.1 Å². The molecular weight excluding hydrogens is 417 g/mol. The van der Waals surface area contributed by atoms with Gasteiger partial charge >= 0.3 is 0 Å². The van der Waals surface area contributed by atoms with Crippen LogP contribution in [0, 0.1) is 10.5 Å². The molecule has 0 saturated carbocycles. The van der Waals surface area contributed by atoms with Crippen LogP contribution in [0.3, 0.4) is 0 Å². The first-order valence-corrected chi connectivity index (χ1v) is 7.75. The molecule has 1 unspecified atom stereocenters. The largest absolute Gasteiger partial charge is 0.496 e. The highest BCUT2D eigenvalue weighted by molar-refractivity contribution is 14.1. The highest BCUT2D eigenvalue weighted by atomic mass is 127. The number of ether oxygens (including phenoxy) is 1. The van der Waals surface area contributed by atoms with Crippen LogP contribution < -0.4 is 10.5 Å². The monoisotopic (exact) mass is 431 g/mol. The van der Waals surface area contributed by atoms with Gasteiger partial charge in [-0.05, 0) is 74.3 Å². The third-order valence-corrected chi connectivity index (χ3v) is 5.19. The summed E-state index contributed by atoms with van der Waals surface area (Å²) in [6, 6.07) is 12.1. The quantitative estimate of drug-likeness (QED) is 0.730. The molecule has 0 bridgehead atoms. The lowest BCUT2D eigenvalue weighted by Gasteiger charge is -2.17. The van der Waals surface area contributed by atoms with Gasteiger partial charge in [0.25, 0.3) is 0 Å². The molecule has 0 amide bonds. The van der Waals surface area contributed by atoms with Crippen molar-refractivity contribution in [1.29, 1.82) is 0 Å². The van der Waals surface area contributed by atoms with E-state index >= 15 is 0 Å². The molecule has 0 aliphatic rings. The fourth-order valence-electron chi connectivity index (χ4n) is 1.97. The zero-order valence-electron chi connectivity index (χ0n) is 10.8. The number of nitrogens with two attached hydrogens (primary N) is 1. The molecule has 0 fully saturated rings. The van der Waals surface area contributed by atoms with E-state index in [1.54, 1.807) is 7.11 Å². The van der Waals surface area contributed by atoms with Crippen molar-refractivity contribution in [3.63, 3.8) is 0 Å². The summed E-state index contributed by atoms with van der Waals surface area (Å²) in [5.41, 5.74) is 9.85. The van der Waals surface area contributed by atoms with Crippen LogP contribution in [0.25, 0.3) is 0 Å². The summed E-state index contributed by atoms with van der Waals surface area (Å²) in [5, 5.41) is 0. The maximum Gasteiger partial charge on any atom is 0.133 e. The van der Waals surface area contributed by atoms with Crippen molar-refractivity contribution in [2.45, 2.75) is 13.0 Å². The average Bonchev–Trinajstić information content (AvgIpc) is 2.41. The summed E-state index contributed by atoms with van der Waals surface area (Å²) in [7, 11) is 1.66. The van der Waals surface area contributed by atoms with Crippen LogP contribution in [0.15, 0.2) is 40.9 Å². The fraction of sp³-hybridized carbons (Fsp3) is 0.200. The van der Waals surface area contributed by atoms with E-state index in [0.717, 1.165) is 21.3 Å². The van der Waals surface area contributed by atoms with E-state index in [2.05, 4.69) is 57.6 Å². The van der Waals surface area contributed by atoms with Crippen LogP contribution in [0.1, 0.15) is 22.7 Å². The molecule has 2 aromatic carbocycles. The molecule has 4 heteroatoms. The number of hydrogen-bond donors (Lipinski definition) is 1. The summed E-state index contributed by atoms with van der Waals surface area (Å²) in [5.74, 6) is 0.815. The van der Waals surface area contributed by atoms with Crippen molar-refractivity contribution < 1.29 is 4.74 Å². The average molecular weight is 432 g/mol. The Balaban J connectivity index is 2.41. The van der Waals surface area contributed by atoms with Gasteiger partial charge in [-0.1, -0.05) is 24.3 Å². The second-order valence-electron chi connectivity index (χ2n) is 4.35. The summed E-state index contributed by atoms with van der Waals surface area (Å²) in [6.07, 6.45) is 0. The predicted molar refractivity (Wildman–Crippen MR) is 90.6 cm³/mol. The lowest BCUT2D eigenvalue weighted by Crippen LogP contribution is -2.14. The molecule has 1 atom stereocenters. The first-order valence-electron chi connectivity index (χ1n) is 5.88. The van der Waals surface area contributed by atoms with E-state index in [1.165, 1.54) is 9.13 Å². The van der Waals surface area contributed by atoms with Gasteiger partial charge in [0.1, 0.15) is 5.75 Å². The van der Waals surface area contributed by atoms with Gasteiger partial charge in [-0.3, -0.25) is 0 Å². The van der Waals surface area contributed by atoms with Crippen molar-refractivity contribution in [1.82, 2.24) is 0 Å². The second-order valence-corrected chi connectivity index (χ2v) is 6.28. The van der Waals surface area contributed by atoms with Gasteiger partial charge in [-0.25, -0.2) is 0 Å². The van der Waals surface area contributed by atoms with Gasteiger partial charge in [0.2, 0.25) is 0 Å². The SMILES string of the molecule is COc1ccc(C(N)c2cccc(C)c2I)cc1Br. The summed E-state index contributed by atoms with van der Waals surface area (Å²) >= 11 is 5.85. The molecule has 100 valence electrons. The van der Waals surface area contributed by atoms with E-state index < -0.39 is 0 Å². The molecule has 0 radical (unpaired) electrons. The first-order chi connectivity index (χ1) is 9.04. The topological polar surface area (TPSA) is 35.2 Å². The third kappa shape index (κ3) is 3.12. The van der Waals surface area contributed by atoms with Crippen molar-refractivity contribution in [2.75, 3.05) is 7.11 Å². The fourth-order valence-corrected chi connectivity index (χ4v) is 3.22. The molecule has 0 spiro atoms. The minimum atomic E-state index is -0.131. The Morgan fingerprint density at radius 3 is 2.63 bits per heavy atom. The standard InChI is InChI=1S/C15H15BrINO/c1-9-4-3-5-11(14(9)17)15(18)10-6-7-13(19-2)12(16)8-10/h3-8,15H,18H2,1-2H3. The molecule has 2 aromatic rings. The van der Waals surface area contributed by atoms with E-state index in [1.807, 2.05) is 24.3 Å². The molecular formula is C15H15BrINO. The Morgan fingerprint density at radius 1 is 1.26 bits per heavy atom. The maximum absolute atomic E-state index is 6.38. The Morgan fingerprint density at radius 2 is 2.00 bits per heavy atom. The van der Waals surface area contributed by atoms with Gasteiger partial charge in [-0.2, -0.15) is 0 Å². The molecule has 0 aliphatic heterocycles. The zero-order valence-corrected chi connectivity index (χ0v) is 14.5. The van der Waals surface area contributed by atoms with Gasteiger partial charge in [0.15, 0.2) is 0 Å². The molecule has 0 heterocycles. The maximum atomic E-state index is 6.38. The smallest absolute Gasteiger partial charge is 0.133 e. The first kappa shape index (κ1) is 14.8. The Kier molecular flexibility index (Phi) is 4.86. The van der Waals surface area contributed by atoms with Gasteiger partial charge in [0.05, 0.1) is 17.6 Å². The molecule has 2 N–H and O–H groups in total. The molecule has 0 aliphatic carbocycles. The number of halogens is 2. The van der Waals surface area contributed by atoms with Crippen LogP contribution in [0.2, 0.25) is 0 Å². The van der Waals surface area contributed by atoms with E-state index in [-0.39, 0.29) is 6.04 Å². The minimum Gasteiger partial charge on any atom is -0.496 e. The van der Waals surface area contributed by atoms with Gasteiger partial charge in [0, 0.05) is 3.57 Å². The highest BCUT2D eigenvalue weighted by Gasteiger charge is 2.14. The van der Waals surface area contributed by atoms with Crippen LogP contribution in [-0.2, 0) is 0 Å². The van der Waals surface area contributed by atoms with Crippen LogP contribution in [-0.4, -0.2) is 7.11 Å². The minimum absolute atomic E-state index is 0.131. The number of benzene rings is 2. The number of methoxy groups -OCH3 is 1. The predicted octanol–water partition coefficient (Wildman–Crippen LogP) is 4.42. The molecule has 0 aromatic heterocycles. The molecule has 2 nitrogen and oxygen atoms in total. The van der Waals surface area contributed by atoms with Crippen molar-refractivity contribution in [2.24, 2.45) is 5.73 Å². The van der Waals surface area contributed by atoms with E-state index in [4.69, 9.17) is 10.5 Å². The lowest BCUT2D eigenvalue weighted by atomic mass is 9.98. The van der Waals surface area contributed by atoms with E-state index in [9.17, 15) is 0 Å². The Hall–Kier alpha value is -0.590. The van der Waals surface area contributed by atoms with Crippen LogP contribution >= 0.6 is 38.5 Å².